The van der Waals surface area contributed by atoms with Crippen LogP contribution in [-0.4, -0.2) is 46.4 Å². The van der Waals surface area contributed by atoms with E-state index in [2.05, 4.69) is 5.32 Å². The van der Waals surface area contributed by atoms with Crippen LogP contribution in [0.5, 0.6) is 23.0 Å². The first-order valence-corrected chi connectivity index (χ1v) is 10.7. The van der Waals surface area contributed by atoms with Gasteiger partial charge in [0, 0.05) is 18.5 Å². The molecule has 2 aromatic rings. The molecular weight excluding hydrogens is 410 g/mol. The Morgan fingerprint density at radius 3 is 2.38 bits per heavy atom. The van der Waals surface area contributed by atoms with Crippen molar-refractivity contribution in [2.45, 2.75) is 31.4 Å². The Morgan fingerprint density at radius 2 is 1.66 bits per heavy atom. The van der Waals surface area contributed by atoms with E-state index in [0.717, 1.165) is 42.0 Å². The Labute approximate surface area is 188 Å². The summed E-state index contributed by atoms with van der Waals surface area (Å²) in [5.41, 5.74) is 2.25. The summed E-state index contributed by atoms with van der Waals surface area (Å²) in [5.74, 6) is 2.64. The molecule has 0 aromatic heterocycles. The van der Waals surface area contributed by atoms with Crippen LogP contribution in [0.3, 0.4) is 0 Å². The van der Waals surface area contributed by atoms with Gasteiger partial charge in [0.2, 0.25) is 0 Å². The molecule has 4 rings (SSSR count). The molecule has 7 nitrogen and oxygen atoms in total. The minimum atomic E-state index is -0.154. The summed E-state index contributed by atoms with van der Waals surface area (Å²) in [5, 5.41) is 3.55. The molecule has 0 spiro atoms. The first-order valence-electron chi connectivity index (χ1n) is 10.7. The van der Waals surface area contributed by atoms with Crippen molar-refractivity contribution in [2.75, 3.05) is 33.8 Å². The summed E-state index contributed by atoms with van der Waals surface area (Å²) in [6, 6.07) is 11.4. The molecule has 1 heterocycles. The van der Waals surface area contributed by atoms with Gasteiger partial charge in [-0.2, -0.15) is 0 Å². The third-order valence-electron chi connectivity index (χ3n) is 6.22. The summed E-state index contributed by atoms with van der Waals surface area (Å²) in [6.07, 6.45) is 3.80. The lowest BCUT2D eigenvalue weighted by Crippen LogP contribution is -2.42. The number of hydrogen-bond acceptors (Lipinski definition) is 7. The lowest BCUT2D eigenvalue weighted by Gasteiger charge is -2.38. The fraction of sp³-hybridized carbons (Fsp3) is 0.400. The summed E-state index contributed by atoms with van der Waals surface area (Å²) >= 11 is 0. The normalized spacial score (nSPS) is 22.2. The van der Waals surface area contributed by atoms with Gasteiger partial charge in [0.15, 0.2) is 17.3 Å². The highest BCUT2D eigenvalue weighted by atomic mass is 16.5. The zero-order valence-corrected chi connectivity index (χ0v) is 18.8. The maximum Gasteiger partial charge on any atom is 0.173 e. The summed E-state index contributed by atoms with van der Waals surface area (Å²) in [6.45, 7) is 0. The molecule has 170 valence electrons. The van der Waals surface area contributed by atoms with E-state index in [-0.39, 0.29) is 23.8 Å². The Balaban J connectivity index is 1.48. The van der Waals surface area contributed by atoms with Crippen molar-refractivity contribution in [1.82, 2.24) is 0 Å². The lowest BCUT2D eigenvalue weighted by atomic mass is 9.77. The van der Waals surface area contributed by atoms with Crippen molar-refractivity contribution in [3.05, 3.63) is 48.2 Å². The van der Waals surface area contributed by atoms with Crippen molar-refractivity contribution < 1.29 is 28.5 Å². The van der Waals surface area contributed by atoms with Gasteiger partial charge in [0.25, 0.3) is 0 Å². The van der Waals surface area contributed by atoms with Gasteiger partial charge in [-0.3, -0.25) is 4.79 Å². The maximum atomic E-state index is 13.3. The Bertz CT molecular complexity index is 1020. The van der Waals surface area contributed by atoms with Gasteiger partial charge < -0.3 is 29.0 Å². The number of ether oxygens (including phenoxy) is 5. The molecule has 1 aliphatic carbocycles. The van der Waals surface area contributed by atoms with Gasteiger partial charge in [-0.15, -0.1) is 0 Å². The molecule has 3 atom stereocenters. The van der Waals surface area contributed by atoms with E-state index in [1.807, 2.05) is 30.3 Å². The van der Waals surface area contributed by atoms with E-state index in [9.17, 15) is 4.79 Å². The van der Waals surface area contributed by atoms with Crippen LogP contribution in [0.25, 0.3) is 5.57 Å². The number of hydrogen-bond donors (Lipinski definition) is 1. The van der Waals surface area contributed by atoms with Crippen LogP contribution in [-0.2, 0) is 9.53 Å². The third-order valence-corrected chi connectivity index (χ3v) is 6.22. The number of anilines is 1. The highest BCUT2D eigenvalue weighted by molar-refractivity contribution is 6.22. The average molecular weight is 440 g/mol. The Hall–Kier alpha value is -3.35. The van der Waals surface area contributed by atoms with Crippen LogP contribution in [0.15, 0.2) is 42.7 Å². The van der Waals surface area contributed by atoms with Crippen LogP contribution in [0, 0.1) is 5.92 Å². The van der Waals surface area contributed by atoms with Crippen molar-refractivity contribution in [1.29, 1.82) is 0 Å². The smallest absolute Gasteiger partial charge is 0.173 e. The van der Waals surface area contributed by atoms with Crippen molar-refractivity contribution in [2.24, 2.45) is 5.92 Å². The van der Waals surface area contributed by atoms with Gasteiger partial charge in [-0.25, -0.2) is 0 Å². The first kappa shape index (κ1) is 21.9. The molecule has 3 unspecified atom stereocenters. The molecule has 7 heteroatoms. The van der Waals surface area contributed by atoms with E-state index in [1.165, 1.54) is 0 Å². The number of rotatable bonds is 7. The molecular formula is C25H29NO6. The second-order valence-electron chi connectivity index (χ2n) is 7.97. The molecule has 0 amide bonds. The molecule has 1 fully saturated rings. The second kappa shape index (κ2) is 9.42. The number of Topliss-reactive ketones (excluding diaryl/α,β-unsaturated/α-hetero) is 1. The third kappa shape index (κ3) is 4.20. The number of nitrogens with one attached hydrogen (secondary N) is 1. The number of benzene rings is 2. The molecule has 1 saturated carbocycles. The lowest BCUT2D eigenvalue weighted by molar-refractivity contribution is -0.124. The van der Waals surface area contributed by atoms with Crippen LogP contribution in [0.1, 0.15) is 24.8 Å². The molecule has 32 heavy (non-hydrogen) atoms. The summed E-state index contributed by atoms with van der Waals surface area (Å²) in [7, 11) is 6.44. The number of methoxy groups -OCH3 is 4. The van der Waals surface area contributed by atoms with E-state index in [4.69, 9.17) is 23.7 Å². The fourth-order valence-electron chi connectivity index (χ4n) is 4.48. The van der Waals surface area contributed by atoms with E-state index in [1.54, 1.807) is 40.8 Å². The number of allylic oxidation sites excluding steroid dienone is 1. The molecule has 1 N–H and O–H groups in total. The van der Waals surface area contributed by atoms with Crippen LogP contribution < -0.4 is 24.3 Å². The minimum absolute atomic E-state index is 0.119. The number of carbonyl (C=O) groups is 1. The zero-order chi connectivity index (χ0) is 22.7. The van der Waals surface area contributed by atoms with Crippen molar-refractivity contribution >= 4 is 17.0 Å². The SMILES string of the molecule is COc1ccc(NC2CCC3C(=O)C(c4ccc(OC)c(OC)c4)=COC3C2)c(OC)c1. The fourth-order valence-corrected chi connectivity index (χ4v) is 4.48. The van der Waals surface area contributed by atoms with Gasteiger partial charge in [0.1, 0.15) is 17.6 Å². The van der Waals surface area contributed by atoms with E-state index in [0.29, 0.717) is 17.1 Å². The Morgan fingerprint density at radius 1 is 0.875 bits per heavy atom. The van der Waals surface area contributed by atoms with Gasteiger partial charge in [-0.1, -0.05) is 6.07 Å². The highest BCUT2D eigenvalue weighted by Crippen LogP contribution is 2.40. The second-order valence-corrected chi connectivity index (χ2v) is 7.97. The van der Waals surface area contributed by atoms with Crippen molar-refractivity contribution in [3.63, 3.8) is 0 Å². The summed E-state index contributed by atoms with van der Waals surface area (Å²) in [4.78, 5) is 13.3. The highest BCUT2D eigenvalue weighted by Gasteiger charge is 2.40. The molecule has 0 bridgehead atoms. The summed E-state index contributed by atoms with van der Waals surface area (Å²) < 4.78 is 27.5. The average Bonchev–Trinajstić information content (AvgIpc) is 2.84. The maximum absolute atomic E-state index is 13.3. The van der Waals surface area contributed by atoms with Gasteiger partial charge in [0.05, 0.1) is 51.9 Å². The van der Waals surface area contributed by atoms with Gasteiger partial charge >= 0.3 is 0 Å². The predicted octanol–water partition coefficient (Wildman–Crippen LogP) is 4.31. The molecule has 0 radical (unpaired) electrons. The first-order chi connectivity index (χ1) is 15.6. The largest absolute Gasteiger partial charge is 0.497 e. The minimum Gasteiger partial charge on any atom is -0.497 e. The van der Waals surface area contributed by atoms with Crippen LogP contribution in [0.2, 0.25) is 0 Å². The van der Waals surface area contributed by atoms with Crippen LogP contribution in [0.4, 0.5) is 5.69 Å². The standard InChI is InChI=1S/C25H29NO6/c1-28-17-7-9-20(23(13-17)30-3)26-16-6-8-18-22(12-16)32-14-19(25(18)27)15-5-10-21(29-2)24(11-15)31-4/h5,7,9-11,13-14,16,18,22,26H,6,8,12H2,1-4H3. The van der Waals surface area contributed by atoms with E-state index < -0.39 is 0 Å². The topological polar surface area (TPSA) is 75.3 Å². The van der Waals surface area contributed by atoms with Gasteiger partial charge in [-0.05, 0) is 42.7 Å². The molecule has 0 saturated heterocycles. The monoisotopic (exact) mass is 439 g/mol. The molecule has 2 aromatic carbocycles. The number of carbonyl (C=O) groups excluding carboxylic acids is 1. The van der Waals surface area contributed by atoms with E-state index >= 15 is 0 Å². The molecule has 1 aliphatic heterocycles. The van der Waals surface area contributed by atoms with Crippen molar-refractivity contribution in [3.8, 4) is 23.0 Å². The number of ketones is 1. The number of fused-ring (bicyclic) bond motifs is 1. The predicted molar refractivity (Wildman–Crippen MR) is 122 cm³/mol. The molecule has 2 aliphatic rings. The van der Waals surface area contributed by atoms with Crippen LogP contribution >= 0.6 is 0 Å². The zero-order valence-electron chi connectivity index (χ0n) is 18.8. The quantitative estimate of drug-likeness (QED) is 0.689. The Kier molecular flexibility index (Phi) is 6.44.